The van der Waals surface area contributed by atoms with Crippen molar-refractivity contribution in [3.05, 3.63) is 29.6 Å². The van der Waals surface area contributed by atoms with Gasteiger partial charge in [-0.25, -0.2) is 4.39 Å². The van der Waals surface area contributed by atoms with Crippen LogP contribution in [0, 0.1) is 5.82 Å². The van der Waals surface area contributed by atoms with Crippen LogP contribution >= 0.6 is 0 Å². The smallest absolute Gasteiger partial charge is 0.260 e. The average Bonchev–Trinajstić information content (AvgIpc) is 2.74. The van der Waals surface area contributed by atoms with Crippen LogP contribution in [0.3, 0.4) is 0 Å². The number of hydrogen-bond donors (Lipinski definition) is 1. The van der Waals surface area contributed by atoms with Crippen LogP contribution in [0.15, 0.2) is 18.2 Å². The number of likely N-dealkylation sites (tertiary alicyclic amines) is 1. The predicted octanol–water partition coefficient (Wildman–Crippen LogP) is 2.63. The number of rotatable bonds is 4. The zero-order valence-corrected chi connectivity index (χ0v) is 12.5. The SMILES string of the molecule is CC(N)c1ccc(OCC(=O)N2CCCCCC2)c(F)c1. The third-order valence-electron chi connectivity index (χ3n) is 3.79. The topological polar surface area (TPSA) is 55.6 Å². The highest BCUT2D eigenvalue weighted by Gasteiger charge is 2.17. The third kappa shape index (κ3) is 4.43. The molecule has 0 aromatic heterocycles. The molecule has 0 aliphatic carbocycles. The second-order valence-corrected chi connectivity index (χ2v) is 5.56. The summed E-state index contributed by atoms with van der Waals surface area (Å²) in [6, 6.07) is 4.38. The summed E-state index contributed by atoms with van der Waals surface area (Å²) in [7, 11) is 0. The van der Waals surface area contributed by atoms with Gasteiger partial charge in [-0.1, -0.05) is 18.9 Å². The number of amides is 1. The maximum atomic E-state index is 13.9. The molecule has 1 atom stereocenters. The van der Waals surface area contributed by atoms with Crippen molar-refractivity contribution in [2.24, 2.45) is 5.73 Å². The first-order chi connectivity index (χ1) is 10.1. The van der Waals surface area contributed by atoms with Crippen LogP contribution < -0.4 is 10.5 Å². The first-order valence-electron chi connectivity index (χ1n) is 7.53. The molecule has 1 aliphatic heterocycles. The molecule has 5 heteroatoms. The van der Waals surface area contributed by atoms with Crippen molar-refractivity contribution in [3.8, 4) is 5.75 Å². The van der Waals surface area contributed by atoms with E-state index >= 15 is 0 Å². The lowest BCUT2D eigenvalue weighted by atomic mass is 10.1. The molecule has 0 saturated carbocycles. The highest BCUT2D eigenvalue weighted by Crippen LogP contribution is 2.21. The fourth-order valence-corrected chi connectivity index (χ4v) is 2.47. The normalized spacial score (nSPS) is 17.2. The van der Waals surface area contributed by atoms with Gasteiger partial charge in [0.1, 0.15) is 0 Å². The summed E-state index contributed by atoms with van der Waals surface area (Å²) in [6.07, 6.45) is 4.39. The maximum absolute atomic E-state index is 13.9. The van der Waals surface area contributed by atoms with E-state index in [4.69, 9.17) is 10.5 Å². The van der Waals surface area contributed by atoms with Crippen LogP contribution in [0.2, 0.25) is 0 Å². The molecule has 1 aromatic carbocycles. The van der Waals surface area contributed by atoms with Crippen LogP contribution in [0.4, 0.5) is 4.39 Å². The summed E-state index contributed by atoms with van der Waals surface area (Å²) in [5, 5.41) is 0. The van der Waals surface area contributed by atoms with Gasteiger partial charge in [0.05, 0.1) is 0 Å². The van der Waals surface area contributed by atoms with Crippen LogP contribution in [0.25, 0.3) is 0 Å². The zero-order valence-electron chi connectivity index (χ0n) is 12.5. The lowest BCUT2D eigenvalue weighted by Gasteiger charge is -2.20. The molecule has 1 unspecified atom stereocenters. The molecule has 1 aliphatic rings. The molecular weight excluding hydrogens is 271 g/mol. The fraction of sp³-hybridized carbons (Fsp3) is 0.562. The second-order valence-electron chi connectivity index (χ2n) is 5.56. The zero-order chi connectivity index (χ0) is 15.2. The minimum absolute atomic E-state index is 0.0763. The molecule has 2 N–H and O–H groups in total. The van der Waals surface area contributed by atoms with Gasteiger partial charge in [0.25, 0.3) is 5.91 Å². The van der Waals surface area contributed by atoms with E-state index in [2.05, 4.69) is 0 Å². The van der Waals surface area contributed by atoms with Crippen LogP contribution in [0.1, 0.15) is 44.2 Å². The molecule has 21 heavy (non-hydrogen) atoms. The summed E-state index contributed by atoms with van der Waals surface area (Å²) in [5.74, 6) is -0.455. The number of carbonyl (C=O) groups excluding carboxylic acids is 1. The first kappa shape index (κ1) is 15.8. The Morgan fingerprint density at radius 2 is 2.00 bits per heavy atom. The lowest BCUT2D eigenvalue weighted by Crippen LogP contribution is -2.35. The van der Waals surface area contributed by atoms with Gasteiger partial charge < -0.3 is 15.4 Å². The average molecular weight is 294 g/mol. The fourth-order valence-electron chi connectivity index (χ4n) is 2.47. The van der Waals surface area contributed by atoms with Crippen LogP contribution in [-0.2, 0) is 4.79 Å². The number of nitrogens with zero attached hydrogens (tertiary/aromatic N) is 1. The van der Waals surface area contributed by atoms with E-state index in [1.165, 1.54) is 12.1 Å². The van der Waals surface area contributed by atoms with Crippen molar-refractivity contribution in [1.82, 2.24) is 4.90 Å². The molecular formula is C16H23FN2O2. The van der Waals surface area contributed by atoms with E-state index in [9.17, 15) is 9.18 Å². The van der Waals surface area contributed by atoms with Gasteiger partial charge in [-0.15, -0.1) is 0 Å². The summed E-state index contributed by atoms with van der Waals surface area (Å²) >= 11 is 0. The van der Waals surface area contributed by atoms with Gasteiger partial charge >= 0.3 is 0 Å². The quantitative estimate of drug-likeness (QED) is 0.928. The number of benzene rings is 1. The minimum Gasteiger partial charge on any atom is -0.481 e. The van der Waals surface area contributed by atoms with Crippen molar-refractivity contribution >= 4 is 5.91 Å². The van der Waals surface area contributed by atoms with E-state index in [0.29, 0.717) is 5.56 Å². The Kier molecular flexibility index (Phi) is 5.56. The Bertz CT molecular complexity index is 483. The molecule has 1 fully saturated rings. The van der Waals surface area contributed by atoms with E-state index in [0.717, 1.165) is 38.8 Å². The molecule has 0 radical (unpaired) electrons. The summed E-state index contributed by atoms with van der Waals surface area (Å²) in [4.78, 5) is 13.9. The molecule has 4 nitrogen and oxygen atoms in total. The molecule has 1 heterocycles. The molecule has 1 saturated heterocycles. The van der Waals surface area contributed by atoms with Crippen molar-refractivity contribution in [2.45, 2.75) is 38.6 Å². The largest absolute Gasteiger partial charge is 0.481 e. The highest BCUT2D eigenvalue weighted by molar-refractivity contribution is 5.77. The Morgan fingerprint density at radius 1 is 1.33 bits per heavy atom. The predicted molar refractivity (Wildman–Crippen MR) is 79.5 cm³/mol. The molecule has 116 valence electrons. The van der Waals surface area contributed by atoms with Gasteiger partial charge in [-0.3, -0.25) is 4.79 Å². The van der Waals surface area contributed by atoms with Gasteiger partial charge in [-0.2, -0.15) is 0 Å². The number of ether oxygens (including phenoxy) is 1. The lowest BCUT2D eigenvalue weighted by molar-refractivity contribution is -0.133. The van der Waals surface area contributed by atoms with Gasteiger partial charge in [0, 0.05) is 19.1 Å². The summed E-state index contributed by atoms with van der Waals surface area (Å²) in [6.45, 7) is 3.22. The number of carbonyl (C=O) groups is 1. The molecule has 0 spiro atoms. The first-order valence-corrected chi connectivity index (χ1v) is 7.53. The van der Waals surface area contributed by atoms with Gasteiger partial charge in [0.15, 0.2) is 18.2 Å². The number of hydrogen-bond acceptors (Lipinski definition) is 3. The van der Waals surface area contributed by atoms with Crippen molar-refractivity contribution in [3.63, 3.8) is 0 Å². The monoisotopic (exact) mass is 294 g/mol. The van der Waals surface area contributed by atoms with Crippen LogP contribution in [-0.4, -0.2) is 30.5 Å². The van der Waals surface area contributed by atoms with Gasteiger partial charge in [0.2, 0.25) is 0 Å². The van der Waals surface area contributed by atoms with Crippen LogP contribution in [0.5, 0.6) is 5.75 Å². The second kappa shape index (κ2) is 7.41. The molecule has 0 bridgehead atoms. The summed E-state index contributed by atoms with van der Waals surface area (Å²) in [5.41, 5.74) is 6.41. The van der Waals surface area contributed by atoms with Gasteiger partial charge in [-0.05, 0) is 37.5 Å². The highest BCUT2D eigenvalue weighted by atomic mass is 19.1. The number of halogens is 1. The Balaban J connectivity index is 1.91. The number of nitrogens with two attached hydrogens (primary N) is 1. The third-order valence-corrected chi connectivity index (χ3v) is 3.79. The standard InChI is InChI=1S/C16H23FN2O2/c1-12(18)13-6-7-15(14(17)10-13)21-11-16(20)19-8-4-2-3-5-9-19/h6-7,10,12H,2-5,8-9,11,18H2,1H3. The Morgan fingerprint density at radius 3 is 2.57 bits per heavy atom. The van der Waals surface area contributed by atoms with E-state index in [1.807, 2.05) is 0 Å². The molecule has 1 aromatic rings. The maximum Gasteiger partial charge on any atom is 0.260 e. The van der Waals surface area contributed by atoms with E-state index in [-0.39, 0.29) is 24.3 Å². The molecule has 2 rings (SSSR count). The summed E-state index contributed by atoms with van der Waals surface area (Å²) < 4.78 is 19.2. The van der Waals surface area contributed by atoms with Crippen molar-refractivity contribution in [1.29, 1.82) is 0 Å². The van der Waals surface area contributed by atoms with E-state index in [1.54, 1.807) is 17.9 Å². The van der Waals surface area contributed by atoms with Crippen molar-refractivity contribution < 1.29 is 13.9 Å². The Hall–Kier alpha value is -1.62. The van der Waals surface area contributed by atoms with E-state index < -0.39 is 5.82 Å². The molecule has 1 amide bonds. The minimum atomic E-state index is -0.478. The Labute approximate surface area is 125 Å². The van der Waals surface area contributed by atoms with Crippen molar-refractivity contribution in [2.75, 3.05) is 19.7 Å².